The fourth-order valence-corrected chi connectivity index (χ4v) is 2.59. The first-order valence-corrected chi connectivity index (χ1v) is 5.51. The number of hydrogen-bond acceptors (Lipinski definition) is 2. The van der Waals surface area contributed by atoms with Crippen molar-refractivity contribution in [2.24, 2.45) is 5.92 Å². The molecule has 0 saturated heterocycles. The summed E-state index contributed by atoms with van der Waals surface area (Å²) in [5, 5.41) is 0. The van der Waals surface area contributed by atoms with E-state index in [0.29, 0.717) is 5.92 Å². The first kappa shape index (κ1) is 8.84. The number of rotatable bonds is 0. The van der Waals surface area contributed by atoms with Crippen LogP contribution >= 0.6 is 0 Å². The molecule has 0 fully saturated rings. The molecule has 0 spiro atoms. The predicted molar refractivity (Wildman–Crippen MR) is 51.5 cm³/mol. The minimum atomic E-state index is -1.07. The smallest absolute Gasteiger partial charge is 0.126 e. The molecule has 1 aliphatic heterocycles. The quantitative estimate of drug-likeness (QED) is 0.669. The maximum atomic E-state index is 11.6. The Morgan fingerprint density at radius 3 is 3.38 bits per heavy atom. The number of fused-ring (bicyclic) bond motifs is 1. The third kappa shape index (κ3) is 1.78. The van der Waals surface area contributed by atoms with Gasteiger partial charge in [-0.05, 0) is 24.5 Å². The highest BCUT2D eigenvalue weighted by Crippen LogP contribution is 2.17. The topological polar surface area (TPSA) is 42.0 Å². The van der Waals surface area contributed by atoms with Gasteiger partial charge >= 0.3 is 0 Å². The van der Waals surface area contributed by atoms with Crippen molar-refractivity contribution in [2.75, 3.05) is 6.54 Å². The highest BCUT2D eigenvalue weighted by atomic mass is 32.2. The average Bonchev–Trinajstić information content (AvgIpc) is 2.27. The maximum Gasteiger partial charge on any atom is 0.126 e. The number of aromatic nitrogens is 1. The van der Waals surface area contributed by atoms with Gasteiger partial charge in [-0.25, -0.2) is 8.93 Å². The number of nitrogens with zero attached hydrogens (tertiary/aromatic N) is 1. The molecule has 0 aliphatic carbocycles. The molecular weight excluding hydrogens is 184 g/mol. The maximum absolute atomic E-state index is 11.6. The van der Waals surface area contributed by atoms with Crippen LogP contribution in [-0.2, 0) is 17.4 Å². The number of pyridine rings is 1. The van der Waals surface area contributed by atoms with Gasteiger partial charge in [-0.2, -0.15) is 0 Å². The van der Waals surface area contributed by atoms with Gasteiger partial charge in [0.2, 0.25) is 0 Å². The Labute approximate surface area is 80.2 Å². The Morgan fingerprint density at radius 1 is 1.69 bits per heavy atom. The fraction of sp³-hybridized carbons (Fsp3) is 0.444. The van der Waals surface area contributed by atoms with Crippen LogP contribution in [0.4, 0.5) is 0 Å². The van der Waals surface area contributed by atoms with Crippen LogP contribution in [0.5, 0.6) is 0 Å². The van der Waals surface area contributed by atoms with E-state index in [2.05, 4.69) is 16.6 Å². The molecule has 0 amide bonds. The molecule has 0 radical (unpaired) electrons. The zero-order valence-electron chi connectivity index (χ0n) is 7.49. The molecule has 0 bridgehead atoms. The van der Waals surface area contributed by atoms with Gasteiger partial charge in [0.05, 0.1) is 10.6 Å². The van der Waals surface area contributed by atoms with Crippen molar-refractivity contribution in [1.82, 2.24) is 9.71 Å². The number of nitrogens with one attached hydrogen (secondary N) is 1. The van der Waals surface area contributed by atoms with E-state index in [4.69, 9.17) is 0 Å². The van der Waals surface area contributed by atoms with Crippen LogP contribution < -0.4 is 4.72 Å². The minimum absolute atomic E-state index is 0.500. The van der Waals surface area contributed by atoms with Gasteiger partial charge in [-0.1, -0.05) is 6.92 Å². The summed E-state index contributed by atoms with van der Waals surface area (Å²) in [6.07, 6.45) is 2.67. The SMILES string of the molecule is CC1CNS(=O)c2cccnc2C1. The zero-order chi connectivity index (χ0) is 9.26. The van der Waals surface area contributed by atoms with E-state index in [1.165, 1.54) is 0 Å². The summed E-state index contributed by atoms with van der Waals surface area (Å²) in [6, 6.07) is 3.71. The molecule has 13 heavy (non-hydrogen) atoms. The van der Waals surface area contributed by atoms with Crippen LogP contribution in [0.3, 0.4) is 0 Å². The summed E-state index contributed by atoms with van der Waals surface area (Å²) in [5.41, 5.74) is 0.971. The summed E-state index contributed by atoms with van der Waals surface area (Å²) < 4.78 is 14.6. The van der Waals surface area contributed by atoms with Crippen LogP contribution in [0.2, 0.25) is 0 Å². The van der Waals surface area contributed by atoms with E-state index < -0.39 is 11.0 Å². The second-order valence-corrected chi connectivity index (χ2v) is 4.64. The Hall–Kier alpha value is -0.740. The van der Waals surface area contributed by atoms with E-state index in [1.54, 1.807) is 6.20 Å². The molecule has 2 heterocycles. The Kier molecular flexibility index (Phi) is 2.42. The molecule has 2 rings (SSSR count). The average molecular weight is 196 g/mol. The summed E-state index contributed by atoms with van der Waals surface area (Å²) in [7, 11) is -1.07. The molecule has 1 N–H and O–H groups in total. The van der Waals surface area contributed by atoms with E-state index in [1.807, 2.05) is 12.1 Å². The lowest BCUT2D eigenvalue weighted by molar-refractivity contribution is 0.566. The summed E-state index contributed by atoms with van der Waals surface area (Å²) in [6.45, 7) is 2.93. The third-order valence-corrected chi connectivity index (χ3v) is 3.35. The van der Waals surface area contributed by atoms with E-state index in [0.717, 1.165) is 23.6 Å². The van der Waals surface area contributed by atoms with Crippen molar-refractivity contribution in [1.29, 1.82) is 0 Å². The molecule has 1 aromatic heterocycles. The van der Waals surface area contributed by atoms with Crippen molar-refractivity contribution in [3.8, 4) is 0 Å². The Bertz CT molecular complexity index is 340. The largest absolute Gasteiger partial charge is 0.260 e. The van der Waals surface area contributed by atoms with Gasteiger partial charge < -0.3 is 0 Å². The van der Waals surface area contributed by atoms with Crippen molar-refractivity contribution >= 4 is 11.0 Å². The van der Waals surface area contributed by atoms with Gasteiger partial charge in [0.1, 0.15) is 11.0 Å². The molecule has 1 aliphatic rings. The van der Waals surface area contributed by atoms with Gasteiger partial charge in [-0.15, -0.1) is 0 Å². The molecule has 0 saturated carbocycles. The highest BCUT2D eigenvalue weighted by molar-refractivity contribution is 7.83. The van der Waals surface area contributed by atoms with Crippen LogP contribution in [0.25, 0.3) is 0 Å². The van der Waals surface area contributed by atoms with Crippen molar-refractivity contribution in [3.05, 3.63) is 24.0 Å². The van der Waals surface area contributed by atoms with Crippen LogP contribution in [-0.4, -0.2) is 15.7 Å². The zero-order valence-corrected chi connectivity index (χ0v) is 8.30. The van der Waals surface area contributed by atoms with E-state index in [9.17, 15) is 4.21 Å². The predicted octanol–water partition coefficient (Wildman–Crippen LogP) is 0.886. The van der Waals surface area contributed by atoms with Crippen LogP contribution in [0.15, 0.2) is 23.2 Å². The molecular formula is C9H12N2OS. The minimum Gasteiger partial charge on any atom is -0.260 e. The molecule has 4 heteroatoms. The third-order valence-electron chi connectivity index (χ3n) is 2.15. The standard InChI is InChI=1S/C9H12N2OS/c1-7-5-8-9(3-2-4-10-8)13(12)11-6-7/h2-4,7,11H,5-6H2,1H3. The molecule has 1 aromatic rings. The fourth-order valence-electron chi connectivity index (χ4n) is 1.44. The van der Waals surface area contributed by atoms with Gasteiger partial charge in [0.15, 0.2) is 0 Å². The van der Waals surface area contributed by atoms with Crippen molar-refractivity contribution in [3.63, 3.8) is 0 Å². The lowest BCUT2D eigenvalue weighted by Crippen LogP contribution is -2.20. The number of hydrogen-bond donors (Lipinski definition) is 1. The Balaban J connectivity index is 2.43. The summed E-state index contributed by atoms with van der Waals surface area (Å²) in [4.78, 5) is 5.09. The molecule has 70 valence electrons. The van der Waals surface area contributed by atoms with Crippen molar-refractivity contribution < 1.29 is 4.21 Å². The second-order valence-electron chi connectivity index (χ2n) is 3.37. The lowest BCUT2D eigenvalue weighted by atomic mass is 10.1. The van der Waals surface area contributed by atoms with Gasteiger partial charge in [-0.3, -0.25) is 4.98 Å². The first-order chi connectivity index (χ1) is 6.27. The van der Waals surface area contributed by atoms with Crippen LogP contribution in [0, 0.1) is 5.92 Å². The second kappa shape index (κ2) is 3.55. The van der Waals surface area contributed by atoms with Crippen LogP contribution in [0.1, 0.15) is 12.6 Å². The highest BCUT2D eigenvalue weighted by Gasteiger charge is 2.18. The monoisotopic (exact) mass is 196 g/mol. The Morgan fingerprint density at radius 2 is 2.54 bits per heavy atom. The van der Waals surface area contributed by atoms with E-state index >= 15 is 0 Å². The molecule has 3 nitrogen and oxygen atoms in total. The summed E-state index contributed by atoms with van der Waals surface area (Å²) >= 11 is 0. The lowest BCUT2D eigenvalue weighted by Gasteiger charge is -2.04. The molecule has 0 aromatic carbocycles. The molecule has 2 atom stereocenters. The van der Waals surface area contributed by atoms with Crippen molar-refractivity contribution in [2.45, 2.75) is 18.2 Å². The first-order valence-electron chi connectivity index (χ1n) is 4.36. The molecule has 2 unspecified atom stereocenters. The normalized spacial score (nSPS) is 27.8. The van der Waals surface area contributed by atoms with Gasteiger partial charge in [0, 0.05) is 12.7 Å². The summed E-state index contributed by atoms with van der Waals surface area (Å²) in [5.74, 6) is 0.500. The van der Waals surface area contributed by atoms with Gasteiger partial charge in [0.25, 0.3) is 0 Å². The van der Waals surface area contributed by atoms with E-state index in [-0.39, 0.29) is 0 Å².